The Labute approximate surface area is 131 Å². The summed E-state index contributed by atoms with van der Waals surface area (Å²) in [7, 11) is 0. The van der Waals surface area contributed by atoms with Crippen molar-refractivity contribution < 1.29 is 13.5 Å². The van der Waals surface area contributed by atoms with Gasteiger partial charge < -0.3 is 10.5 Å². The van der Waals surface area contributed by atoms with E-state index in [2.05, 4.69) is 5.10 Å². The highest BCUT2D eigenvalue weighted by Gasteiger charge is 2.18. The van der Waals surface area contributed by atoms with Crippen molar-refractivity contribution in [2.45, 2.75) is 20.4 Å². The van der Waals surface area contributed by atoms with Crippen molar-refractivity contribution in [1.82, 2.24) is 9.78 Å². The topological polar surface area (TPSA) is 76.9 Å². The molecule has 5 nitrogen and oxygen atoms in total. The highest BCUT2D eigenvalue weighted by atomic mass is 35.5. The largest absolute Gasteiger partial charge is 0.494 e. The van der Waals surface area contributed by atoms with Crippen LogP contribution in [0.5, 0.6) is 5.75 Å². The van der Waals surface area contributed by atoms with Gasteiger partial charge in [-0.3, -0.25) is 10.1 Å². The lowest BCUT2D eigenvalue weighted by molar-refractivity contribution is 0.335. The van der Waals surface area contributed by atoms with Crippen molar-refractivity contribution in [3.05, 3.63) is 45.7 Å². The molecule has 8 heteroatoms. The van der Waals surface area contributed by atoms with Gasteiger partial charge in [0.25, 0.3) is 0 Å². The van der Waals surface area contributed by atoms with Crippen LogP contribution in [0.1, 0.15) is 23.9 Å². The zero-order chi connectivity index (χ0) is 16.4. The first kappa shape index (κ1) is 16.2. The average molecular weight is 329 g/mol. The molecule has 1 aromatic carbocycles. The number of aromatic nitrogens is 2. The number of nitrogens with zero attached hydrogens (tertiary/aromatic N) is 2. The number of hydrogen-bond acceptors (Lipinski definition) is 3. The van der Waals surface area contributed by atoms with Gasteiger partial charge in [0, 0.05) is 17.7 Å². The lowest BCUT2D eigenvalue weighted by Gasteiger charge is -2.10. The summed E-state index contributed by atoms with van der Waals surface area (Å²) in [6, 6.07) is 2.24. The van der Waals surface area contributed by atoms with Gasteiger partial charge in [0.2, 0.25) is 0 Å². The number of nitrogens with two attached hydrogens (primary N) is 1. The van der Waals surface area contributed by atoms with Gasteiger partial charge in [0.05, 0.1) is 23.9 Å². The fourth-order valence-corrected chi connectivity index (χ4v) is 2.22. The van der Waals surface area contributed by atoms with E-state index in [4.69, 9.17) is 27.5 Å². The van der Waals surface area contributed by atoms with Crippen LogP contribution in [0.2, 0.25) is 5.02 Å². The molecular formula is C14H15ClF2N4O. The number of nitrogen functional groups attached to an aromatic ring is 1. The Bertz CT molecular complexity index is 707. The van der Waals surface area contributed by atoms with E-state index in [1.165, 1.54) is 4.68 Å². The molecule has 2 aromatic rings. The molecule has 0 aliphatic heterocycles. The van der Waals surface area contributed by atoms with E-state index in [1.807, 2.05) is 0 Å². The van der Waals surface area contributed by atoms with Crippen molar-refractivity contribution in [2.75, 3.05) is 6.61 Å². The zero-order valence-corrected chi connectivity index (χ0v) is 12.8. The molecule has 2 rings (SSSR count). The maximum absolute atomic E-state index is 14.1. The Balaban J connectivity index is 2.39. The Morgan fingerprint density at radius 2 is 2.00 bits per heavy atom. The number of amidine groups is 1. The lowest BCUT2D eigenvalue weighted by Crippen LogP contribution is -2.14. The molecule has 0 bridgehead atoms. The first-order valence-corrected chi connectivity index (χ1v) is 6.91. The second-order valence-corrected chi connectivity index (χ2v) is 5.00. The normalized spacial score (nSPS) is 10.8. The third-order valence-electron chi connectivity index (χ3n) is 3.12. The van der Waals surface area contributed by atoms with E-state index in [9.17, 15) is 8.78 Å². The Kier molecular flexibility index (Phi) is 4.65. The first-order valence-electron chi connectivity index (χ1n) is 6.53. The molecular weight excluding hydrogens is 314 g/mol. The molecule has 0 unspecified atom stereocenters. The van der Waals surface area contributed by atoms with E-state index < -0.39 is 11.6 Å². The van der Waals surface area contributed by atoms with Crippen LogP contribution in [-0.2, 0) is 6.54 Å². The molecule has 0 spiro atoms. The van der Waals surface area contributed by atoms with Gasteiger partial charge in [-0.05, 0) is 13.8 Å². The van der Waals surface area contributed by atoms with Crippen LogP contribution >= 0.6 is 11.6 Å². The van der Waals surface area contributed by atoms with Crippen LogP contribution < -0.4 is 10.5 Å². The fraction of sp³-hybridized carbons (Fsp3) is 0.286. The second kappa shape index (κ2) is 6.31. The van der Waals surface area contributed by atoms with Crippen LogP contribution in [-0.4, -0.2) is 22.2 Å². The van der Waals surface area contributed by atoms with Gasteiger partial charge >= 0.3 is 0 Å². The second-order valence-electron chi connectivity index (χ2n) is 4.62. The summed E-state index contributed by atoms with van der Waals surface area (Å²) >= 11 is 6.01. The molecule has 1 heterocycles. The fourth-order valence-electron chi connectivity index (χ4n) is 1.98. The monoisotopic (exact) mass is 328 g/mol. The molecule has 0 fully saturated rings. The predicted molar refractivity (Wildman–Crippen MR) is 79.6 cm³/mol. The van der Waals surface area contributed by atoms with Crippen LogP contribution in [0, 0.1) is 24.0 Å². The maximum atomic E-state index is 14.1. The van der Waals surface area contributed by atoms with Crippen molar-refractivity contribution in [1.29, 1.82) is 5.41 Å². The van der Waals surface area contributed by atoms with Crippen LogP contribution in [0.3, 0.4) is 0 Å². The molecule has 0 radical (unpaired) electrons. The summed E-state index contributed by atoms with van der Waals surface area (Å²) in [4.78, 5) is 0. The van der Waals surface area contributed by atoms with Gasteiger partial charge in [-0.2, -0.15) is 5.10 Å². The van der Waals surface area contributed by atoms with E-state index in [0.29, 0.717) is 12.3 Å². The van der Waals surface area contributed by atoms with E-state index in [-0.39, 0.29) is 34.4 Å². The molecule has 0 saturated carbocycles. The molecule has 0 saturated heterocycles. The third-order valence-corrected chi connectivity index (χ3v) is 3.57. The smallest absolute Gasteiger partial charge is 0.145 e. The van der Waals surface area contributed by atoms with Gasteiger partial charge in [-0.1, -0.05) is 11.6 Å². The SMILES string of the molecule is CCOc1cc(F)c(Cn2nc(C(=N)N)c(Cl)c2C)c(F)c1. The van der Waals surface area contributed by atoms with E-state index >= 15 is 0 Å². The number of hydrogen-bond donors (Lipinski definition) is 2. The van der Waals surface area contributed by atoms with E-state index in [1.54, 1.807) is 13.8 Å². The lowest BCUT2D eigenvalue weighted by atomic mass is 10.2. The number of halogens is 3. The Hall–Kier alpha value is -2.15. The highest BCUT2D eigenvalue weighted by Crippen LogP contribution is 2.24. The number of nitrogens with one attached hydrogen (secondary N) is 1. The minimum atomic E-state index is -0.737. The zero-order valence-electron chi connectivity index (χ0n) is 12.1. The minimum Gasteiger partial charge on any atom is -0.494 e. The average Bonchev–Trinajstić information content (AvgIpc) is 2.71. The van der Waals surface area contributed by atoms with Gasteiger partial charge in [0.15, 0.2) is 0 Å². The third kappa shape index (κ3) is 3.04. The molecule has 0 aliphatic carbocycles. The summed E-state index contributed by atoms with van der Waals surface area (Å²) in [5.74, 6) is -1.65. The molecule has 3 N–H and O–H groups in total. The van der Waals surface area contributed by atoms with Crippen molar-refractivity contribution in [2.24, 2.45) is 5.73 Å². The summed E-state index contributed by atoms with van der Waals surface area (Å²) in [6.45, 7) is 3.51. The quantitative estimate of drug-likeness (QED) is 0.654. The summed E-state index contributed by atoms with van der Waals surface area (Å²) in [5, 5.41) is 11.6. The van der Waals surface area contributed by atoms with Crippen LogP contribution in [0.25, 0.3) is 0 Å². The summed E-state index contributed by atoms with van der Waals surface area (Å²) in [5.41, 5.74) is 5.76. The summed E-state index contributed by atoms with van der Waals surface area (Å²) < 4.78 is 34.5. The highest BCUT2D eigenvalue weighted by molar-refractivity contribution is 6.34. The van der Waals surface area contributed by atoms with Crippen molar-refractivity contribution >= 4 is 17.4 Å². The van der Waals surface area contributed by atoms with Gasteiger partial charge in [0.1, 0.15) is 28.9 Å². The molecule has 0 aliphatic rings. The Morgan fingerprint density at radius 3 is 2.45 bits per heavy atom. The molecule has 0 amide bonds. The minimum absolute atomic E-state index is 0.0888. The molecule has 118 valence electrons. The predicted octanol–water partition coefficient (Wildman–Crippen LogP) is 2.85. The maximum Gasteiger partial charge on any atom is 0.145 e. The standard InChI is InChI=1S/C14H15ClF2N4O/c1-3-22-8-4-10(16)9(11(17)5-8)6-21-7(2)12(15)13(20-21)14(18)19/h4-5H,3,6H2,1-2H3,(H3,18,19). The Morgan fingerprint density at radius 1 is 1.41 bits per heavy atom. The molecule has 1 aromatic heterocycles. The molecule has 0 atom stereocenters. The number of rotatable bonds is 5. The van der Waals surface area contributed by atoms with Gasteiger partial charge in [-0.25, -0.2) is 8.78 Å². The summed E-state index contributed by atoms with van der Waals surface area (Å²) in [6.07, 6.45) is 0. The molecule has 22 heavy (non-hydrogen) atoms. The van der Waals surface area contributed by atoms with Crippen LogP contribution in [0.15, 0.2) is 12.1 Å². The first-order chi connectivity index (χ1) is 10.3. The number of ether oxygens (including phenoxy) is 1. The van der Waals surface area contributed by atoms with Crippen molar-refractivity contribution in [3.63, 3.8) is 0 Å². The van der Waals surface area contributed by atoms with Crippen molar-refractivity contribution in [3.8, 4) is 5.75 Å². The van der Waals surface area contributed by atoms with Crippen LogP contribution in [0.4, 0.5) is 8.78 Å². The van der Waals surface area contributed by atoms with E-state index in [0.717, 1.165) is 12.1 Å². The number of benzene rings is 1. The van der Waals surface area contributed by atoms with Gasteiger partial charge in [-0.15, -0.1) is 0 Å².